The fourth-order valence-electron chi connectivity index (χ4n) is 1.29. The van der Waals surface area contributed by atoms with Gasteiger partial charge >= 0.3 is 0 Å². The largest absolute Gasteiger partial charge is 0.438 e. The van der Waals surface area contributed by atoms with Crippen molar-refractivity contribution in [2.24, 2.45) is 7.05 Å². The summed E-state index contributed by atoms with van der Waals surface area (Å²) >= 11 is 0. The van der Waals surface area contributed by atoms with E-state index in [0.717, 1.165) is 12.2 Å². The van der Waals surface area contributed by atoms with Crippen molar-refractivity contribution in [2.45, 2.75) is 13.5 Å². The lowest BCUT2D eigenvalue weighted by atomic mass is 10.4. The van der Waals surface area contributed by atoms with Gasteiger partial charge in [-0.25, -0.2) is 4.98 Å². The lowest BCUT2D eigenvalue weighted by Gasteiger charge is -1.94. The van der Waals surface area contributed by atoms with E-state index in [-0.39, 0.29) is 0 Å². The summed E-state index contributed by atoms with van der Waals surface area (Å²) in [6.07, 6.45) is 3.58. The second kappa shape index (κ2) is 4.27. The van der Waals surface area contributed by atoms with Crippen LogP contribution in [-0.2, 0) is 13.6 Å². The van der Waals surface area contributed by atoms with Crippen LogP contribution < -0.4 is 5.32 Å². The fraction of sp³-hybridized carbons (Fsp3) is 0.400. The van der Waals surface area contributed by atoms with E-state index >= 15 is 0 Å². The van der Waals surface area contributed by atoms with Crippen LogP contribution in [0.5, 0.6) is 0 Å². The van der Waals surface area contributed by atoms with Gasteiger partial charge in [0.25, 0.3) is 0 Å². The number of aryl methyl sites for hydroxylation is 1. The Labute approximate surface area is 88.1 Å². The highest BCUT2D eigenvalue weighted by molar-refractivity contribution is 5.49. The Morgan fingerprint density at radius 3 is 3.07 bits per heavy atom. The summed E-state index contributed by atoms with van der Waals surface area (Å²) in [6.45, 7) is 3.60. The third kappa shape index (κ3) is 2.24. The van der Waals surface area contributed by atoms with Crippen molar-refractivity contribution in [1.29, 1.82) is 0 Å². The van der Waals surface area contributed by atoms with Gasteiger partial charge in [-0.1, -0.05) is 6.92 Å². The van der Waals surface area contributed by atoms with Crippen molar-refractivity contribution in [3.63, 3.8) is 0 Å². The van der Waals surface area contributed by atoms with Crippen molar-refractivity contribution in [3.05, 3.63) is 24.4 Å². The third-order valence-corrected chi connectivity index (χ3v) is 2.05. The van der Waals surface area contributed by atoms with E-state index in [1.165, 1.54) is 0 Å². The molecule has 0 spiro atoms. The van der Waals surface area contributed by atoms with Crippen molar-refractivity contribution in [1.82, 2.24) is 20.1 Å². The summed E-state index contributed by atoms with van der Waals surface area (Å²) < 4.78 is 7.27. The first-order chi connectivity index (χ1) is 7.29. The van der Waals surface area contributed by atoms with Crippen LogP contribution in [0, 0.1) is 0 Å². The van der Waals surface area contributed by atoms with E-state index in [2.05, 4.69) is 15.4 Å². The van der Waals surface area contributed by atoms with Crippen LogP contribution in [0.25, 0.3) is 11.5 Å². The van der Waals surface area contributed by atoms with Gasteiger partial charge in [-0.05, 0) is 12.6 Å². The summed E-state index contributed by atoms with van der Waals surface area (Å²) in [4.78, 5) is 4.16. The molecule has 0 fully saturated rings. The molecule has 1 N–H and O–H groups in total. The minimum Gasteiger partial charge on any atom is -0.438 e. The van der Waals surface area contributed by atoms with Gasteiger partial charge in [-0.3, -0.25) is 4.68 Å². The number of nitrogens with zero attached hydrogens (tertiary/aromatic N) is 3. The molecule has 0 aliphatic carbocycles. The van der Waals surface area contributed by atoms with Crippen molar-refractivity contribution < 1.29 is 4.42 Å². The number of hydrogen-bond acceptors (Lipinski definition) is 4. The molecule has 15 heavy (non-hydrogen) atoms. The fourth-order valence-corrected chi connectivity index (χ4v) is 1.29. The third-order valence-electron chi connectivity index (χ3n) is 2.05. The number of hydrogen-bond donors (Lipinski definition) is 1. The molecule has 0 aromatic carbocycles. The summed E-state index contributed by atoms with van der Waals surface area (Å²) in [5.41, 5.74) is 0.813. The molecule has 0 radical (unpaired) electrons. The zero-order chi connectivity index (χ0) is 10.7. The molecule has 2 aromatic rings. The number of rotatable bonds is 4. The van der Waals surface area contributed by atoms with Crippen LogP contribution in [0.15, 0.2) is 22.9 Å². The number of nitrogens with one attached hydrogen (secondary N) is 1. The zero-order valence-electron chi connectivity index (χ0n) is 8.90. The highest BCUT2D eigenvalue weighted by Gasteiger charge is 2.07. The van der Waals surface area contributed by atoms with Crippen molar-refractivity contribution >= 4 is 0 Å². The molecule has 0 aliphatic rings. The van der Waals surface area contributed by atoms with Gasteiger partial charge in [-0.15, -0.1) is 0 Å². The average molecular weight is 206 g/mol. The molecule has 0 amide bonds. The Kier molecular flexibility index (Phi) is 2.82. The van der Waals surface area contributed by atoms with Crippen LogP contribution >= 0.6 is 0 Å². The van der Waals surface area contributed by atoms with E-state index in [1.807, 2.05) is 26.2 Å². The average Bonchev–Trinajstić information content (AvgIpc) is 2.83. The lowest BCUT2D eigenvalue weighted by Crippen LogP contribution is -2.11. The molecule has 5 heteroatoms. The van der Waals surface area contributed by atoms with Crippen LogP contribution in [0.1, 0.15) is 12.8 Å². The van der Waals surface area contributed by atoms with Gasteiger partial charge in [0.05, 0.1) is 12.7 Å². The Balaban J connectivity index is 2.13. The van der Waals surface area contributed by atoms with Crippen LogP contribution in [-0.4, -0.2) is 21.3 Å². The van der Waals surface area contributed by atoms with Gasteiger partial charge in [0, 0.05) is 13.2 Å². The molecular weight excluding hydrogens is 192 g/mol. The topological polar surface area (TPSA) is 55.9 Å². The molecule has 5 nitrogen and oxygen atoms in total. The molecule has 2 aromatic heterocycles. The van der Waals surface area contributed by atoms with E-state index in [4.69, 9.17) is 4.42 Å². The quantitative estimate of drug-likeness (QED) is 0.816. The summed E-state index contributed by atoms with van der Waals surface area (Å²) in [7, 11) is 1.87. The predicted octanol–water partition coefficient (Wildman–Crippen LogP) is 1.18. The summed E-state index contributed by atoms with van der Waals surface area (Å²) in [6, 6.07) is 1.90. The van der Waals surface area contributed by atoms with Gasteiger partial charge in [0.1, 0.15) is 5.69 Å². The lowest BCUT2D eigenvalue weighted by molar-refractivity contribution is 0.481. The smallest absolute Gasteiger partial charge is 0.208 e. The van der Waals surface area contributed by atoms with Crippen LogP contribution in [0.2, 0.25) is 0 Å². The molecule has 0 atom stereocenters. The molecular formula is C10H14N4O. The molecule has 2 heterocycles. The summed E-state index contributed by atoms with van der Waals surface area (Å²) in [5, 5.41) is 7.39. The van der Waals surface area contributed by atoms with Crippen molar-refractivity contribution in [2.75, 3.05) is 6.54 Å². The Hall–Kier alpha value is -1.62. The Morgan fingerprint density at radius 2 is 2.40 bits per heavy atom. The maximum Gasteiger partial charge on any atom is 0.208 e. The minimum atomic E-state index is 0.656. The van der Waals surface area contributed by atoms with Gasteiger partial charge in [0.2, 0.25) is 5.89 Å². The normalized spacial score (nSPS) is 10.8. The van der Waals surface area contributed by atoms with Crippen LogP contribution in [0.4, 0.5) is 0 Å². The van der Waals surface area contributed by atoms with Gasteiger partial charge in [-0.2, -0.15) is 5.10 Å². The molecule has 0 unspecified atom stereocenters. The SMILES string of the molecule is CCNCc1ncc(-c2ccn(C)n2)o1. The monoisotopic (exact) mass is 206 g/mol. The first kappa shape index (κ1) is 9.92. The minimum absolute atomic E-state index is 0.656. The molecule has 0 bridgehead atoms. The molecule has 0 saturated heterocycles. The standard InChI is InChI=1S/C10H14N4O/c1-3-11-7-10-12-6-9(15-10)8-4-5-14(2)13-8/h4-6,11H,3,7H2,1-2H3. The number of oxazole rings is 1. The number of aromatic nitrogens is 3. The van der Waals surface area contributed by atoms with E-state index < -0.39 is 0 Å². The van der Waals surface area contributed by atoms with Crippen LogP contribution in [0.3, 0.4) is 0 Å². The Bertz CT molecular complexity index is 432. The predicted molar refractivity (Wildman–Crippen MR) is 56.1 cm³/mol. The first-order valence-electron chi connectivity index (χ1n) is 4.95. The van der Waals surface area contributed by atoms with E-state index in [0.29, 0.717) is 18.2 Å². The molecule has 0 aliphatic heterocycles. The van der Waals surface area contributed by atoms with E-state index in [1.54, 1.807) is 10.9 Å². The second-order valence-corrected chi connectivity index (χ2v) is 3.27. The molecule has 80 valence electrons. The highest BCUT2D eigenvalue weighted by Crippen LogP contribution is 2.17. The molecule has 0 saturated carbocycles. The maximum atomic E-state index is 5.54. The van der Waals surface area contributed by atoms with Gasteiger partial charge in [0.15, 0.2) is 5.76 Å². The van der Waals surface area contributed by atoms with Crippen molar-refractivity contribution in [3.8, 4) is 11.5 Å². The Morgan fingerprint density at radius 1 is 1.53 bits per heavy atom. The second-order valence-electron chi connectivity index (χ2n) is 3.27. The van der Waals surface area contributed by atoms with Gasteiger partial charge < -0.3 is 9.73 Å². The highest BCUT2D eigenvalue weighted by atomic mass is 16.4. The zero-order valence-corrected chi connectivity index (χ0v) is 8.90. The maximum absolute atomic E-state index is 5.54. The summed E-state index contributed by atoms with van der Waals surface area (Å²) in [5.74, 6) is 1.40. The molecule has 2 rings (SSSR count). The first-order valence-corrected chi connectivity index (χ1v) is 4.95. The van der Waals surface area contributed by atoms with E-state index in [9.17, 15) is 0 Å².